The van der Waals surface area contributed by atoms with Crippen LogP contribution in [0, 0.1) is 6.57 Å². The van der Waals surface area contributed by atoms with Gasteiger partial charge >= 0.3 is 6.09 Å². The first-order chi connectivity index (χ1) is 10.8. The van der Waals surface area contributed by atoms with Crippen molar-refractivity contribution >= 4 is 17.6 Å². The predicted octanol–water partition coefficient (Wildman–Crippen LogP) is 4.10. The highest BCUT2D eigenvalue weighted by Crippen LogP contribution is 2.36. The smallest absolute Gasteiger partial charge is 0.408 e. The monoisotopic (exact) mass is 314 g/mol. The molecule has 1 N–H and O–H groups in total. The molecule has 1 aromatic carbocycles. The third-order valence-corrected chi connectivity index (χ3v) is 3.86. The molecule has 0 aliphatic heterocycles. The van der Waals surface area contributed by atoms with E-state index in [1.807, 2.05) is 0 Å². The van der Waals surface area contributed by atoms with Crippen LogP contribution in [0.25, 0.3) is 4.85 Å². The molecule has 5 heteroatoms. The van der Waals surface area contributed by atoms with Gasteiger partial charge < -0.3 is 10.1 Å². The fourth-order valence-electron chi connectivity index (χ4n) is 2.86. The second-order valence-electron chi connectivity index (χ2n) is 6.82. The Kier molecular flexibility index (Phi) is 4.74. The Morgan fingerprint density at radius 2 is 2.09 bits per heavy atom. The van der Waals surface area contributed by atoms with E-state index in [2.05, 4.69) is 10.2 Å². The molecule has 0 spiro atoms. The number of ketones is 1. The van der Waals surface area contributed by atoms with Gasteiger partial charge in [0.2, 0.25) is 0 Å². The van der Waals surface area contributed by atoms with Crippen molar-refractivity contribution in [1.82, 2.24) is 5.32 Å². The summed E-state index contributed by atoms with van der Waals surface area (Å²) < 4.78 is 5.33. The van der Waals surface area contributed by atoms with Gasteiger partial charge in [-0.2, -0.15) is 0 Å². The van der Waals surface area contributed by atoms with Crippen molar-refractivity contribution in [3.05, 3.63) is 41.2 Å². The molecule has 1 aliphatic rings. The number of rotatable bonds is 2. The topological polar surface area (TPSA) is 59.8 Å². The van der Waals surface area contributed by atoms with Gasteiger partial charge in [0, 0.05) is 6.42 Å². The van der Waals surface area contributed by atoms with Crippen molar-refractivity contribution in [3.8, 4) is 0 Å². The van der Waals surface area contributed by atoms with Crippen molar-refractivity contribution in [3.63, 3.8) is 0 Å². The summed E-state index contributed by atoms with van der Waals surface area (Å²) in [5.74, 6) is -0.0308. The lowest BCUT2D eigenvalue weighted by Crippen LogP contribution is -2.54. The summed E-state index contributed by atoms with van der Waals surface area (Å²) in [6, 6.07) is 6.89. The molecule has 23 heavy (non-hydrogen) atoms. The van der Waals surface area contributed by atoms with Crippen LogP contribution in [0.3, 0.4) is 0 Å². The average Bonchev–Trinajstić information content (AvgIpc) is 2.48. The number of alkyl carbamates (subject to hydrolysis) is 1. The van der Waals surface area contributed by atoms with E-state index in [-0.39, 0.29) is 5.78 Å². The second kappa shape index (κ2) is 6.41. The SMILES string of the molecule is [C-]#[N+]c1cccc(C2(NC(=O)OC(C)(C)C)CCCCC2=O)c1. The molecule has 0 bridgehead atoms. The normalized spacial score (nSPS) is 21.4. The van der Waals surface area contributed by atoms with Crippen LogP contribution < -0.4 is 5.32 Å². The van der Waals surface area contributed by atoms with Crippen molar-refractivity contribution in [2.45, 2.75) is 57.6 Å². The zero-order valence-electron chi connectivity index (χ0n) is 13.8. The molecule has 1 atom stereocenters. The number of nitrogens with zero attached hydrogens (tertiary/aromatic N) is 1. The molecule has 0 saturated heterocycles. The summed E-state index contributed by atoms with van der Waals surface area (Å²) in [7, 11) is 0. The largest absolute Gasteiger partial charge is 0.444 e. The van der Waals surface area contributed by atoms with E-state index >= 15 is 0 Å². The van der Waals surface area contributed by atoms with E-state index in [4.69, 9.17) is 11.3 Å². The molecule has 1 amide bonds. The maximum Gasteiger partial charge on any atom is 0.408 e. The first-order valence-electron chi connectivity index (χ1n) is 7.79. The van der Waals surface area contributed by atoms with E-state index in [1.54, 1.807) is 45.0 Å². The molecule has 1 saturated carbocycles. The maximum absolute atomic E-state index is 12.7. The lowest BCUT2D eigenvalue weighted by Gasteiger charge is -2.37. The van der Waals surface area contributed by atoms with Gasteiger partial charge in [0.05, 0.1) is 6.57 Å². The molecular weight excluding hydrogens is 292 g/mol. The van der Waals surface area contributed by atoms with E-state index in [0.29, 0.717) is 24.1 Å². The number of nitrogens with one attached hydrogen (secondary N) is 1. The fraction of sp³-hybridized carbons (Fsp3) is 0.500. The van der Waals surface area contributed by atoms with Crippen molar-refractivity contribution in [2.75, 3.05) is 0 Å². The molecule has 0 heterocycles. The molecule has 1 fully saturated rings. The molecule has 1 aliphatic carbocycles. The minimum Gasteiger partial charge on any atom is -0.444 e. The Morgan fingerprint density at radius 3 is 2.70 bits per heavy atom. The van der Waals surface area contributed by atoms with Gasteiger partial charge in [-0.3, -0.25) is 4.79 Å². The van der Waals surface area contributed by atoms with Gasteiger partial charge in [0.25, 0.3) is 0 Å². The van der Waals surface area contributed by atoms with Crippen LogP contribution in [0.1, 0.15) is 52.0 Å². The minimum atomic E-state index is -1.10. The fourth-order valence-corrected chi connectivity index (χ4v) is 2.86. The van der Waals surface area contributed by atoms with Crippen LogP contribution in [0.5, 0.6) is 0 Å². The van der Waals surface area contributed by atoms with Gasteiger partial charge in [-0.1, -0.05) is 24.3 Å². The molecule has 122 valence electrons. The lowest BCUT2D eigenvalue weighted by molar-refractivity contribution is -0.128. The van der Waals surface area contributed by atoms with Crippen LogP contribution in [0.15, 0.2) is 24.3 Å². The van der Waals surface area contributed by atoms with E-state index in [9.17, 15) is 9.59 Å². The number of carbonyl (C=O) groups is 2. The zero-order valence-corrected chi connectivity index (χ0v) is 13.8. The maximum atomic E-state index is 12.7. The van der Waals surface area contributed by atoms with Crippen LogP contribution >= 0.6 is 0 Å². The highest BCUT2D eigenvalue weighted by Gasteiger charge is 2.43. The summed E-state index contributed by atoms with van der Waals surface area (Å²) in [5, 5.41) is 2.79. The Bertz CT molecular complexity index is 655. The van der Waals surface area contributed by atoms with Gasteiger partial charge in [-0.25, -0.2) is 9.64 Å². The summed E-state index contributed by atoms with van der Waals surface area (Å²) in [4.78, 5) is 28.3. The van der Waals surface area contributed by atoms with Gasteiger partial charge in [-0.05, 0) is 45.6 Å². The number of amides is 1. The quantitative estimate of drug-likeness (QED) is 0.836. The highest BCUT2D eigenvalue weighted by molar-refractivity contribution is 5.93. The van der Waals surface area contributed by atoms with Crippen LogP contribution in [0.4, 0.5) is 10.5 Å². The first kappa shape index (κ1) is 17.0. The number of hydrogen-bond donors (Lipinski definition) is 1. The highest BCUT2D eigenvalue weighted by atomic mass is 16.6. The number of benzene rings is 1. The lowest BCUT2D eigenvalue weighted by atomic mass is 9.75. The summed E-state index contributed by atoms with van der Waals surface area (Å²) >= 11 is 0. The Balaban J connectivity index is 2.39. The molecule has 0 radical (unpaired) electrons. The zero-order chi connectivity index (χ0) is 17.1. The molecule has 0 aromatic heterocycles. The van der Waals surface area contributed by atoms with Crippen LogP contribution in [-0.4, -0.2) is 17.5 Å². The van der Waals surface area contributed by atoms with Crippen molar-refractivity contribution < 1.29 is 14.3 Å². The summed E-state index contributed by atoms with van der Waals surface area (Å²) in [6.07, 6.45) is 1.98. The van der Waals surface area contributed by atoms with E-state index in [0.717, 1.165) is 12.8 Å². The molecule has 5 nitrogen and oxygen atoms in total. The first-order valence-corrected chi connectivity index (χ1v) is 7.79. The number of carbonyl (C=O) groups excluding carboxylic acids is 2. The van der Waals surface area contributed by atoms with Gasteiger partial charge in [0.15, 0.2) is 11.5 Å². The second-order valence-corrected chi connectivity index (χ2v) is 6.82. The van der Waals surface area contributed by atoms with Gasteiger partial charge in [0.1, 0.15) is 11.1 Å². The van der Waals surface area contributed by atoms with Gasteiger partial charge in [-0.15, -0.1) is 0 Å². The summed E-state index contributed by atoms with van der Waals surface area (Å²) in [6.45, 7) is 12.5. The standard InChI is InChI=1S/C18H22N2O3/c1-17(2,3)23-16(22)20-18(11-6-5-10-15(18)21)13-8-7-9-14(12-13)19-4/h7-9,12H,5-6,10-11H2,1-3H3,(H,20,22). The van der Waals surface area contributed by atoms with Crippen molar-refractivity contribution in [2.24, 2.45) is 0 Å². The van der Waals surface area contributed by atoms with E-state index < -0.39 is 17.2 Å². The molecule has 1 unspecified atom stereocenters. The van der Waals surface area contributed by atoms with Crippen LogP contribution in [0.2, 0.25) is 0 Å². The Labute approximate surface area is 136 Å². The molecule has 2 rings (SSSR count). The summed E-state index contributed by atoms with van der Waals surface area (Å²) in [5.41, 5.74) is -0.629. The van der Waals surface area contributed by atoms with Crippen molar-refractivity contribution in [1.29, 1.82) is 0 Å². The van der Waals surface area contributed by atoms with Crippen LogP contribution in [-0.2, 0) is 15.1 Å². The number of hydrogen-bond acceptors (Lipinski definition) is 3. The average molecular weight is 314 g/mol. The Hall–Kier alpha value is -2.35. The number of Topliss-reactive ketones (excluding diaryl/α,β-unsaturated/α-hetero) is 1. The number of ether oxygens (including phenoxy) is 1. The van der Waals surface area contributed by atoms with E-state index in [1.165, 1.54) is 0 Å². The Morgan fingerprint density at radius 1 is 1.35 bits per heavy atom. The predicted molar refractivity (Wildman–Crippen MR) is 87.2 cm³/mol. The molecular formula is C18H22N2O3. The third-order valence-electron chi connectivity index (χ3n) is 3.86. The minimum absolute atomic E-state index is 0.0308. The third kappa shape index (κ3) is 3.89. The molecule has 1 aromatic rings.